The van der Waals surface area contributed by atoms with Gasteiger partial charge in [0.1, 0.15) is 5.69 Å². The van der Waals surface area contributed by atoms with Crippen molar-refractivity contribution in [2.75, 3.05) is 5.32 Å². The lowest BCUT2D eigenvalue weighted by Gasteiger charge is -2.05. The van der Waals surface area contributed by atoms with Crippen LogP contribution in [0.15, 0.2) is 35.4 Å². The lowest BCUT2D eigenvalue weighted by Crippen LogP contribution is -2.01. The molecular weight excluding hydrogens is 263 g/mol. The Bertz CT molecular complexity index is 660. The van der Waals surface area contributed by atoms with Crippen LogP contribution in [0.25, 0.3) is 0 Å². The van der Waals surface area contributed by atoms with E-state index in [1.54, 1.807) is 0 Å². The predicted octanol–water partition coefficient (Wildman–Crippen LogP) is 1.00. The third-order valence-corrected chi connectivity index (χ3v) is 2.89. The molecule has 94 valence electrons. The maximum atomic E-state index is 13.1. The fourth-order valence-corrected chi connectivity index (χ4v) is 1.69. The van der Waals surface area contributed by atoms with Crippen LogP contribution in [0.1, 0.15) is 0 Å². The van der Waals surface area contributed by atoms with E-state index in [-0.39, 0.29) is 10.6 Å². The Morgan fingerprint density at radius 2 is 1.89 bits per heavy atom. The molecule has 0 bridgehead atoms. The fraction of sp³-hybridized carbons (Fsp3) is 0. The van der Waals surface area contributed by atoms with Gasteiger partial charge in [-0.3, -0.25) is 4.55 Å². The summed E-state index contributed by atoms with van der Waals surface area (Å²) in [4.78, 5) is -0.250. The van der Waals surface area contributed by atoms with Gasteiger partial charge in [-0.25, -0.2) is 0 Å². The normalized spacial score (nSPS) is 11.2. The van der Waals surface area contributed by atoms with E-state index in [0.29, 0.717) is 5.69 Å². The summed E-state index contributed by atoms with van der Waals surface area (Å²) in [6.07, 6.45) is 1.14. The Hall–Kier alpha value is -2.13. The Labute approximate surface area is 101 Å². The van der Waals surface area contributed by atoms with Gasteiger partial charge in [-0.05, 0) is 29.5 Å². The van der Waals surface area contributed by atoms with Crippen molar-refractivity contribution >= 4 is 21.5 Å². The molecule has 0 saturated carbocycles. The van der Waals surface area contributed by atoms with Crippen LogP contribution >= 0.6 is 0 Å². The van der Waals surface area contributed by atoms with Crippen LogP contribution in [0.3, 0.4) is 0 Å². The maximum Gasteiger partial charge on any atom is 0.294 e. The minimum Gasteiger partial charge on any atom is -0.350 e. The summed E-state index contributed by atoms with van der Waals surface area (Å²) in [7, 11) is -4.24. The minimum absolute atomic E-state index is 0.00426. The fourth-order valence-electron chi connectivity index (χ4n) is 1.21. The van der Waals surface area contributed by atoms with Crippen molar-refractivity contribution < 1.29 is 17.4 Å². The second kappa shape index (κ2) is 4.63. The van der Waals surface area contributed by atoms with E-state index in [9.17, 15) is 12.8 Å². The number of hydrogen-bond acceptors (Lipinski definition) is 6. The quantitative estimate of drug-likeness (QED) is 0.801. The smallest absolute Gasteiger partial charge is 0.294 e. The zero-order chi connectivity index (χ0) is 13.2. The minimum atomic E-state index is -4.24. The summed E-state index contributed by atoms with van der Waals surface area (Å²) < 4.78 is 43.5. The molecule has 0 fully saturated rings. The highest BCUT2D eigenvalue weighted by Gasteiger charge is 2.09. The first-order valence-corrected chi connectivity index (χ1v) is 6.09. The van der Waals surface area contributed by atoms with Crippen LogP contribution in [0.4, 0.5) is 15.8 Å². The zero-order valence-electron chi connectivity index (χ0n) is 8.78. The number of nitrogens with zero attached hydrogens (tertiary/aromatic N) is 3. The molecule has 0 unspecified atom stereocenters. The standard InChI is InChI=1S/C9H7FN4O3S/c10-9-8(5-11-14-13-9)12-6-1-3-7(4-2-6)18(15,16)17/h1-5H,(H,12,14)(H,15,16,17). The van der Waals surface area contributed by atoms with Crippen molar-refractivity contribution in [3.05, 3.63) is 36.4 Å². The third kappa shape index (κ3) is 2.76. The van der Waals surface area contributed by atoms with Gasteiger partial charge in [-0.2, -0.15) is 12.8 Å². The van der Waals surface area contributed by atoms with E-state index in [1.807, 2.05) is 0 Å². The maximum absolute atomic E-state index is 13.1. The van der Waals surface area contributed by atoms with E-state index < -0.39 is 16.1 Å². The molecule has 0 radical (unpaired) electrons. The number of benzene rings is 1. The first-order chi connectivity index (χ1) is 8.47. The highest BCUT2D eigenvalue weighted by atomic mass is 32.2. The molecular formula is C9H7FN4O3S. The predicted molar refractivity (Wildman–Crippen MR) is 59.3 cm³/mol. The molecule has 0 amide bonds. The molecule has 1 heterocycles. The zero-order valence-corrected chi connectivity index (χ0v) is 9.59. The van der Waals surface area contributed by atoms with Gasteiger partial charge in [-0.15, -0.1) is 5.10 Å². The van der Waals surface area contributed by atoms with Gasteiger partial charge >= 0.3 is 0 Å². The Morgan fingerprint density at radius 3 is 2.44 bits per heavy atom. The Balaban J connectivity index is 2.24. The number of anilines is 2. The topological polar surface area (TPSA) is 105 Å². The van der Waals surface area contributed by atoms with Crippen LogP contribution in [0.2, 0.25) is 0 Å². The SMILES string of the molecule is O=S(=O)(O)c1ccc(Nc2cnnnc2F)cc1. The van der Waals surface area contributed by atoms with Crippen molar-refractivity contribution in [3.63, 3.8) is 0 Å². The van der Waals surface area contributed by atoms with Gasteiger partial charge in [0.25, 0.3) is 16.1 Å². The van der Waals surface area contributed by atoms with Crippen molar-refractivity contribution in [2.24, 2.45) is 0 Å². The second-order valence-corrected chi connectivity index (χ2v) is 4.68. The van der Waals surface area contributed by atoms with E-state index in [2.05, 4.69) is 20.7 Å². The largest absolute Gasteiger partial charge is 0.350 e. The van der Waals surface area contributed by atoms with Crippen LogP contribution < -0.4 is 5.32 Å². The van der Waals surface area contributed by atoms with Crippen molar-refractivity contribution in [2.45, 2.75) is 4.90 Å². The van der Waals surface area contributed by atoms with Crippen molar-refractivity contribution in [1.29, 1.82) is 0 Å². The average Bonchev–Trinajstić information content (AvgIpc) is 2.32. The monoisotopic (exact) mass is 270 g/mol. The molecule has 0 aliphatic rings. The molecule has 0 spiro atoms. The van der Waals surface area contributed by atoms with Gasteiger partial charge in [0.05, 0.1) is 11.1 Å². The lowest BCUT2D eigenvalue weighted by atomic mass is 10.3. The number of halogens is 1. The van der Waals surface area contributed by atoms with E-state index in [1.165, 1.54) is 24.3 Å². The highest BCUT2D eigenvalue weighted by Crippen LogP contribution is 2.19. The van der Waals surface area contributed by atoms with Crippen LogP contribution in [0.5, 0.6) is 0 Å². The van der Waals surface area contributed by atoms with Gasteiger partial charge in [0.2, 0.25) is 0 Å². The third-order valence-electron chi connectivity index (χ3n) is 2.02. The highest BCUT2D eigenvalue weighted by molar-refractivity contribution is 7.85. The molecule has 2 aromatic rings. The molecule has 0 aliphatic carbocycles. The van der Waals surface area contributed by atoms with Gasteiger partial charge in [0.15, 0.2) is 0 Å². The molecule has 0 aliphatic heterocycles. The van der Waals surface area contributed by atoms with Crippen molar-refractivity contribution in [1.82, 2.24) is 15.4 Å². The van der Waals surface area contributed by atoms with Crippen LogP contribution in [-0.2, 0) is 10.1 Å². The molecule has 0 atom stereocenters. The van der Waals surface area contributed by atoms with Gasteiger partial charge in [0, 0.05) is 5.69 Å². The lowest BCUT2D eigenvalue weighted by molar-refractivity contribution is 0.483. The molecule has 2 N–H and O–H groups in total. The Morgan fingerprint density at radius 1 is 1.22 bits per heavy atom. The first kappa shape index (κ1) is 12.3. The summed E-state index contributed by atoms with van der Waals surface area (Å²) in [5, 5.41) is 12.2. The van der Waals surface area contributed by atoms with Crippen LogP contribution in [-0.4, -0.2) is 28.4 Å². The molecule has 0 saturated heterocycles. The second-order valence-electron chi connectivity index (χ2n) is 3.26. The molecule has 9 heteroatoms. The van der Waals surface area contributed by atoms with Crippen molar-refractivity contribution in [3.8, 4) is 0 Å². The molecule has 18 heavy (non-hydrogen) atoms. The van der Waals surface area contributed by atoms with Gasteiger partial charge in [-0.1, -0.05) is 5.10 Å². The van der Waals surface area contributed by atoms with Crippen LogP contribution in [0, 0.1) is 5.95 Å². The van der Waals surface area contributed by atoms with E-state index in [0.717, 1.165) is 6.20 Å². The first-order valence-electron chi connectivity index (χ1n) is 4.65. The average molecular weight is 270 g/mol. The number of hydrogen-bond donors (Lipinski definition) is 2. The molecule has 7 nitrogen and oxygen atoms in total. The summed E-state index contributed by atoms with van der Waals surface area (Å²) in [6.45, 7) is 0. The number of rotatable bonds is 3. The number of nitrogens with one attached hydrogen (secondary N) is 1. The molecule has 2 rings (SSSR count). The Kier molecular flexibility index (Phi) is 3.17. The summed E-state index contributed by atoms with van der Waals surface area (Å²) in [6, 6.07) is 5.08. The van der Waals surface area contributed by atoms with Gasteiger partial charge < -0.3 is 5.32 Å². The number of aromatic nitrogens is 3. The summed E-state index contributed by atoms with van der Waals surface area (Å²) in [5.74, 6) is -0.830. The summed E-state index contributed by atoms with van der Waals surface area (Å²) >= 11 is 0. The molecule has 1 aromatic carbocycles. The summed E-state index contributed by atoms with van der Waals surface area (Å²) in [5.41, 5.74) is 0.417. The van der Waals surface area contributed by atoms with E-state index in [4.69, 9.17) is 4.55 Å². The molecule has 1 aromatic heterocycles. The van der Waals surface area contributed by atoms with E-state index >= 15 is 0 Å².